The van der Waals surface area contributed by atoms with Gasteiger partial charge in [0.2, 0.25) is 0 Å². The van der Waals surface area contributed by atoms with Gasteiger partial charge < -0.3 is 14.0 Å². The number of fused-ring (bicyclic) bond motifs is 1. The number of ether oxygens (including phenoxy) is 1. The van der Waals surface area contributed by atoms with Crippen LogP contribution in [0.3, 0.4) is 0 Å². The number of rotatable bonds is 5. The Bertz CT molecular complexity index is 929. The van der Waals surface area contributed by atoms with E-state index in [-0.39, 0.29) is 12.0 Å². The summed E-state index contributed by atoms with van der Waals surface area (Å²) in [6.45, 7) is 2.08. The van der Waals surface area contributed by atoms with Gasteiger partial charge in [-0.15, -0.1) is 0 Å². The highest BCUT2D eigenvalue weighted by molar-refractivity contribution is 5.83. The standard InChI is InChI=1S/C19H17NO4/c1-13(20-22-2)12-23-15-8-9-18-16(10-15)17(21)11-19(24-18)14-6-4-3-5-7-14/h3-11H,12H2,1-2H3/b20-13+. The molecule has 0 saturated heterocycles. The number of hydrogen-bond donors (Lipinski definition) is 0. The monoisotopic (exact) mass is 323 g/mol. The summed E-state index contributed by atoms with van der Waals surface area (Å²) in [6.07, 6.45) is 0. The molecule has 1 aromatic heterocycles. The topological polar surface area (TPSA) is 61.0 Å². The van der Waals surface area contributed by atoms with Gasteiger partial charge in [-0.25, -0.2) is 0 Å². The van der Waals surface area contributed by atoms with Crippen molar-refractivity contribution >= 4 is 16.7 Å². The predicted octanol–water partition coefficient (Wildman–Crippen LogP) is 3.86. The molecule has 0 radical (unpaired) electrons. The van der Waals surface area contributed by atoms with Crippen molar-refractivity contribution in [1.29, 1.82) is 0 Å². The third-order valence-electron chi connectivity index (χ3n) is 3.45. The quantitative estimate of drug-likeness (QED) is 0.528. The van der Waals surface area contributed by atoms with Crippen LogP contribution in [0, 0.1) is 0 Å². The summed E-state index contributed by atoms with van der Waals surface area (Å²) >= 11 is 0. The van der Waals surface area contributed by atoms with E-state index >= 15 is 0 Å². The van der Waals surface area contributed by atoms with E-state index in [1.54, 1.807) is 25.1 Å². The molecule has 24 heavy (non-hydrogen) atoms. The van der Waals surface area contributed by atoms with Crippen LogP contribution in [0.2, 0.25) is 0 Å². The Kier molecular flexibility index (Phi) is 4.61. The summed E-state index contributed by atoms with van der Waals surface area (Å²) in [5.74, 6) is 1.12. The Morgan fingerprint density at radius 3 is 2.67 bits per heavy atom. The summed E-state index contributed by atoms with van der Waals surface area (Å²) in [5.41, 5.74) is 1.98. The van der Waals surface area contributed by atoms with Crippen molar-refractivity contribution < 1.29 is 14.0 Å². The number of hydrogen-bond acceptors (Lipinski definition) is 5. The lowest BCUT2D eigenvalue weighted by Crippen LogP contribution is -2.08. The lowest BCUT2D eigenvalue weighted by Gasteiger charge is -2.07. The summed E-state index contributed by atoms with van der Waals surface area (Å²) < 4.78 is 11.5. The van der Waals surface area contributed by atoms with Crippen molar-refractivity contribution in [3.63, 3.8) is 0 Å². The molecule has 3 aromatic rings. The van der Waals surface area contributed by atoms with Crippen LogP contribution in [0.1, 0.15) is 6.92 Å². The minimum Gasteiger partial charge on any atom is -0.488 e. The predicted molar refractivity (Wildman–Crippen MR) is 93.5 cm³/mol. The summed E-state index contributed by atoms with van der Waals surface area (Å²) in [5, 5.41) is 4.26. The molecule has 0 spiro atoms. The smallest absolute Gasteiger partial charge is 0.193 e. The third kappa shape index (κ3) is 3.46. The zero-order chi connectivity index (χ0) is 16.9. The van der Waals surface area contributed by atoms with E-state index < -0.39 is 0 Å². The minimum absolute atomic E-state index is 0.108. The molecule has 0 bridgehead atoms. The van der Waals surface area contributed by atoms with Gasteiger partial charge in [-0.3, -0.25) is 4.79 Å². The fourth-order valence-corrected chi connectivity index (χ4v) is 2.34. The van der Waals surface area contributed by atoms with Gasteiger partial charge in [-0.1, -0.05) is 35.5 Å². The maximum absolute atomic E-state index is 12.4. The second kappa shape index (κ2) is 7.00. The molecular formula is C19H17NO4. The van der Waals surface area contributed by atoms with Crippen LogP contribution >= 0.6 is 0 Å². The molecule has 5 nitrogen and oxygen atoms in total. The van der Waals surface area contributed by atoms with Gasteiger partial charge in [-0.2, -0.15) is 0 Å². The molecule has 0 N–H and O–H groups in total. The van der Waals surface area contributed by atoms with E-state index in [2.05, 4.69) is 9.99 Å². The van der Waals surface area contributed by atoms with Crippen molar-refractivity contribution in [2.75, 3.05) is 13.7 Å². The second-order valence-electron chi connectivity index (χ2n) is 5.30. The van der Waals surface area contributed by atoms with E-state index in [0.29, 0.717) is 28.2 Å². The zero-order valence-electron chi connectivity index (χ0n) is 13.5. The highest BCUT2D eigenvalue weighted by atomic mass is 16.6. The van der Waals surface area contributed by atoms with Gasteiger partial charge in [0.05, 0.1) is 11.1 Å². The summed E-state index contributed by atoms with van der Waals surface area (Å²) in [7, 11) is 1.48. The summed E-state index contributed by atoms with van der Waals surface area (Å²) in [6, 6.07) is 16.2. The SMILES string of the molecule is CO/N=C(\C)COc1ccc2oc(-c3ccccc3)cc(=O)c2c1. The first-order valence-corrected chi connectivity index (χ1v) is 7.50. The molecule has 5 heteroatoms. The zero-order valence-corrected chi connectivity index (χ0v) is 13.5. The number of oxime groups is 1. The molecule has 0 atom stereocenters. The van der Waals surface area contributed by atoms with Crippen LogP contribution in [-0.4, -0.2) is 19.4 Å². The first-order chi connectivity index (χ1) is 11.7. The first kappa shape index (κ1) is 15.8. The molecule has 0 aliphatic heterocycles. The molecule has 0 aliphatic carbocycles. The largest absolute Gasteiger partial charge is 0.488 e. The maximum atomic E-state index is 12.4. The van der Waals surface area contributed by atoms with Crippen molar-refractivity contribution in [2.24, 2.45) is 5.16 Å². The minimum atomic E-state index is -0.108. The molecule has 122 valence electrons. The van der Waals surface area contributed by atoms with Crippen LogP contribution in [0.4, 0.5) is 0 Å². The van der Waals surface area contributed by atoms with Crippen LogP contribution in [0.25, 0.3) is 22.3 Å². The van der Waals surface area contributed by atoms with Crippen molar-refractivity contribution in [1.82, 2.24) is 0 Å². The van der Waals surface area contributed by atoms with Gasteiger partial charge in [0.25, 0.3) is 0 Å². The van der Waals surface area contributed by atoms with Gasteiger partial charge in [-0.05, 0) is 25.1 Å². The Morgan fingerprint density at radius 1 is 1.12 bits per heavy atom. The highest BCUT2D eigenvalue weighted by Crippen LogP contribution is 2.24. The first-order valence-electron chi connectivity index (χ1n) is 7.50. The molecule has 0 aliphatic rings. The van der Waals surface area contributed by atoms with E-state index in [0.717, 1.165) is 5.56 Å². The molecule has 0 fully saturated rings. The van der Waals surface area contributed by atoms with Gasteiger partial charge >= 0.3 is 0 Å². The molecule has 3 rings (SSSR count). The molecule has 1 heterocycles. The Morgan fingerprint density at radius 2 is 1.92 bits per heavy atom. The summed E-state index contributed by atoms with van der Waals surface area (Å²) in [4.78, 5) is 17.1. The molecule has 0 saturated carbocycles. The Balaban J connectivity index is 1.93. The van der Waals surface area contributed by atoms with Crippen molar-refractivity contribution in [3.8, 4) is 17.1 Å². The van der Waals surface area contributed by atoms with E-state index in [4.69, 9.17) is 9.15 Å². The Hall–Kier alpha value is -3.08. The van der Waals surface area contributed by atoms with Crippen molar-refractivity contribution in [2.45, 2.75) is 6.92 Å². The molecular weight excluding hydrogens is 306 g/mol. The number of nitrogens with zero attached hydrogens (tertiary/aromatic N) is 1. The molecule has 0 amide bonds. The molecule has 2 aromatic carbocycles. The second-order valence-corrected chi connectivity index (χ2v) is 5.30. The lowest BCUT2D eigenvalue weighted by atomic mass is 10.1. The Labute approximate surface area is 139 Å². The fourth-order valence-electron chi connectivity index (χ4n) is 2.34. The van der Waals surface area contributed by atoms with E-state index in [1.807, 2.05) is 30.3 Å². The van der Waals surface area contributed by atoms with E-state index in [1.165, 1.54) is 13.2 Å². The van der Waals surface area contributed by atoms with Crippen molar-refractivity contribution in [3.05, 3.63) is 64.8 Å². The lowest BCUT2D eigenvalue weighted by molar-refractivity contribution is 0.209. The van der Waals surface area contributed by atoms with Crippen LogP contribution in [-0.2, 0) is 4.84 Å². The van der Waals surface area contributed by atoms with Gasteiger partial charge in [0, 0.05) is 11.6 Å². The van der Waals surface area contributed by atoms with Gasteiger partial charge in [0.15, 0.2) is 5.43 Å². The highest BCUT2D eigenvalue weighted by Gasteiger charge is 2.08. The normalized spacial score (nSPS) is 11.5. The van der Waals surface area contributed by atoms with E-state index in [9.17, 15) is 4.79 Å². The maximum Gasteiger partial charge on any atom is 0.193 e. The fraction of sp³-hybridized carbons (Fsp3) is 0.158. The van der Waals surface area contributed by atoms with Crippen LogP contribution < -0.4 is 10.2 Å². The third-order valence-corrected chi connectivity index (χ3v) is 3.45. The van der Waals surface area contributed by atoms with Gasteiger partial charge in [0.1, 0.15) is 30.8 Å². The average molecular weight is 323 g/mol. The van der Waals surface area contributed by atoms with Crippen LogP contribution in [0.15, 0.2) is 69.0 Å². The average Bonchev–Trinajstić information content (AvgIpc) is 2.61. The molecule has 0 unspecified atom stereocenters. The van der Waals surface area contributed by atoms with Crippen LogP contribution in [0.5, 0.6) is 5.75 Å². The number of benzene rings is 2.